The van der Waals surface area contributed by atoms with Gasteiger partial charge in [-0.05, 0) is 19.8 Å². The number of nitrogens with zero attached hydrogens (tertiary/aromatic N) is 2. The van der Waals surface area contributed by atoms with Crippen LogP contribution in [0.2, 0.25) is 0 Å². The van der Waals surface area contributed by atoms with E-state index in [1.807, 2.05) is 0 Å². The number of carbonyl (C=O) groups is 1. The summed E-state index contributed by atoms with van der Waals surface area (Å²) < 4.78 is 45.3. The van der Waals surface area contributed by atoms with Crippen LogP contribution >= 0.6 is 23.5 Å². The maximum atomic E-state index is 13.2. The number of carbonyl (C=O) groups excluding carboxylic acids is 1. The van der Waals surface area contributed by atoms with Crippen LogP contribution in [0.1, 0.15) is 30.3 Å². The minimum Gasteiger partial charge on any atom is -0.465 e. The molecule has 1 aromatic rings. The van der Waals surface area contributed by atoms with Gasteiger partial charge in [-0.3, -0.25) is 9.48 Å². The zero-order chi connectivity index (χ0) is 16.0. The monoisotopic (exact) mass is 352 g/mol. The summed E-state index contributed by atoms with van der Waals surface area (Å²) in [5.74, 6) is 1.24. The summed E-state index contributed by atoms with van der Waals surface area (Å²) in [7, 11) is 0. The normalized spacial score (nSPS) is 19.6. The summed E-state index contributed by atoms with van der Waals surface area (Å²) in [6, 6.07) is 0. The molecule has 0 amide bonds. The fourth-order valence-electron chi connectivity index (χ4n) is 2.98. The average Bonchev–Trinajstić information content (AvgIpc) is 3.09. The smallest absolute Gasteiger partial charge is 0.435 e. The highest BCUT2D eigenvalue weighted by Gasteiger charge is 2.51. The van der Waals surface area contributed by atoms with Crippen LogP contribution in [0.15, 0.2) is 0 Å². The summed E-state index contributed by atoms with van der Waals surface area (Å²) in [6.07, 6.45) is -3.49. The third kappa shape index (κ3) is 2.62. The lowest BCUT2D eigenvalue weighted by Crippen LogP contribution is -2.22. The number of ether oxygens (including phenoxy) is 1. The number of aromatic nitrogens is 2. The minimum absolute atomic E-state index is 0.197. The molecule has 1 aromatic heterocycles. The quantitative estimate of drug-likeness (QED) is 0.783. The second kappa shape index (κ2) is 5.67. The molecule has 1 fully saturated rings. The van der Waals surface area contributed by atoms with Crippen LogP contribution in [-0.2, 0) is 32.8 Å². The van der Waals surface area contributed by atoms with Gasteiger partial charge in [0.15, 0.2) is 5.69 Å². The van der Waals surface area contributed by atoms with Gasteiger partial charge in [0.25, 0.3) is 0 Å². The molecule has 2 aliphatic rings. The van der Waals surface area contributed by atoms with E-state index >= 15 is 0 Å². The SMILES string of the molecule is CCOC(=O)Cn1nc(C(F)(F)F)c2c1C1(CC2)SCCS1. The van der Waals surface area contributed by atoms with Crippen LogP contribution in [0, 0.1) is 0 Å². The highest BCUT2D eigenvalue weighted by molar-refractivity contribution is 8.20. The highest BCUT2D eigenvalue weighted by atomic mass is 32.2. The van der Waals surface area contributed by atoms with Gasteiger partial charge in [-0.1, -0.05) is 0 Å². The maximum absolute atomic E-state index is 13.2. The molecule has 22 heavy (non-hydrogen) atoms. The van der Waals surface area contributed by atoms with Gasteiger partial charge in [-0.15, -0.1) is 23.5 Å². The van der Waals surface area contributed by atoms with Crippen LogP contribution in [0.5, 0.6) is 0 Å². The Balaban J connectivity index is 2.04. The fourth-order valence-corrected chi connectivity index (χ4v) is 6.36. The molecular formula is C13H15F3N2O2S2. The van der Waals surface area contributed by atoms with Crippen LogP contribution < -0.4 is 0 Å². The molecule has 0 unspecified atom stereocenters. The number of rotatable bonds is 3. The largest absolute Gasteiger partial charge is 0.465 e. The number of alkyl halides is 3. The van der Waals surface area contributed by atoms with E-state index in [-0.39, 0.29) is 18.7 Å². The number of halogens is 3. The first-order valence-corrected chi connectivity index (χ1v) is 8.95. The Morgan fingerprint density at radius 1 is 1.41 bits per heavy atom. The molecule has 1 aliphatic heterocycles. The van der Waals surface area contributed by atoms with E-state index in [0.717, 1.165) is 11.5 Å². The first-order chi connectivity index (χ1) is 10.4. The zero-order valence-corrected chi connectivity index (χ0v) is 13.5. The molecule has 0 aromatic carbocycles. The third-order valence-corrected chi connectivity index (χ3v) is 7.23. The van der Waals surface area contributed by atoms with Crippen molar-refractivity contribution in [3.05, 3.63) is 17.0 Å². The molecule has 9 heteroatoms. The predicted molar refractivity (Wildman–Crippen MR) is 78.8 cm³/mol. The van der Waals surface area contributed by atoms with E-state index in [0.29, 0.717) is 18.5 Å². The van der Waals surface area contributed by atoms with Crippen LogP contribution in [-0.4, -0.2) is 33.9 Å². The van der Waals surface area contributed by atoms with Gasteiger partial charge in [0, 0.05) is 17.1 Å². The molecule has 0 radical (unpaired) electrons. The molecule has 0 saturated carbocycles. The fraction of sp³-hybridized carbons (Fsp3) is 0.692. The first kappa shape index (κ1) is 16.0. The number of thioether (sulfide) groups is 2. The van der Waals surface area contributed by atoms with E-state index in [1.165, 1.54) is 4.68 Å². The van der Waals surface area contributed by atoms with E-state index in [9.17, 15) is 18.0 Å². The molecule has 4 nitrogen and oxygen atoms in total. The van der Waals surface area contributed by atoms with Crippen molar-refractivity contribution in [1.29, 1.82) is 0 Å². The molecule has 0 N–H and O–H groups in total. The number of hydrogen-bond acceptors (Lipinski definition) is 5. The zero-order valence-electron chi connectivity index (χ0n) is 11.9. The lowest BCUT2D eigenvalue weighted by Gasteiger charge is -2.23. The van der Waals surface area contributed by atoms with Gasteiger partial charge >= 0.3 is 12.1 Å². The Hall–Kier alpha value is -0.830. The van der Waals surface area contributed by atoms with Crippen molar-refractivity contribution in [3.63, 3.8) is 0 Å². The first-order valence-electron chi connectivity index (χ1n) is 6.98. The molecule has 2 heterocycles. The second-order valence-corrected chi connectivity index (χ2v) is 8.13. The van der Waals surface area contributed by atoms with Gasteiger partial charge in [0.05, 0.1) is 12.3 Å². The second-order valence-electron chi connectivity index (χ2n) is 5.09. The molecule has 1 spiro atoms. The Morgan fingerprint density at radius 3 is 2.68 bits per heavy atom. The van der Waals surface area contributed by atoms with Crippen LogP contribution in [0.3, 0.4) is 0 Å². The number of fused-ring (bicyclic) bond motifs is 2. The number of hydrogen-bond donors (Lipinski definition) is 0. The van der Waals surface area contributed by atoms with Gasteiger partial charge < -0.3 is 4.74 Å². The van der Waals surface area contributed by atoms with Crippen molar-refractivity contribution in [2.45, 2.75) is 36.6 Å². The molecule has 1 aliphatic carbocycles. The molecule has 3 rings (SSSR count). The Kier molecular flexibility index (Phi) is 4.13. The van der Waals surface area contributed by atoms with Gasteiger partial charge in [-0.25, -0.2) is 0 Å². The van der Waals surface area contributed by atoms with E-state index in [4.69, 9.17) is 4.74 Å². The van der Waals surface area contributed by atoms with E-state index < -0.39 is 21.9 Å². The summed E-state index contributed by atoms with van der Waals surface area (Å²) >= 11 is 3.31. The molecule has 122 valence electrons. The summed E-state index contributed by atoms with van der Waals surface area (Å²) in [4.78, 5) is 11.7. The standard InChI is InChI=1S/C13H15F3N2O2S2/c1-2-20-9(19)7-18-11-8(10(17-18)13(14,15)16)3-4-12(11)21-5-6-22-12/h2-7H2,1H3. The maximum Gasteiger partial charge on any atom is 0.435 e. The van der Waals surface area contributed by atoms with Crippen molar-refractivity contribution < 1.29 is 22.7 Å². The van der Waals surface area contributed by atoms with Crippen molar-refractivity contribution in [2.75, 3.05) is 18.1 Å². The third-order valence-electron chi connectivity index (χ3n) is 3.72. The van der Waals surface area contributed by atoms with Gasteiger partial charge in [0.2, 0.25) is 0 Å². The van der Waals surface area contributed by atoms with Crippen molar-refractivity contribution >= 4 is 29.5 Å². The predicted octanol–water partition coefficient (Wildman–Crippen LogP) is 3.04. The lowest BCUT2D eigenvalue weighted by molar-refractivity contribution is -0.146. The minimum atomic E-state index is -4.50. The Morgan fingerprint density at radius 2 is 2.09 bits per heavy atom. The topological polar surface area (TPSA) is 44.1 Å². The summed E-state index contributed by atoms with van der Waals surface area (Å²) in [6.45, 7) is 1.59. The van der Waals surface area contributed by atoms with E-state index in [2.05, 4.69) is 5.10 Å². The van der Waals surface area contributed by atoms with Crippen molar-refractivity contribution in [3.8, 4) is 0 Å². The Bertz CT molecular complexity index is 595. The van der Waals surface area contributed by atoms with Crippen molar-refractivity contribution in [1.82, 2.24) is 9.78 Å². The molecule has 0 bridgehead atoms. The lowest BCUT2D eigenvalue weighted by atomic mass is 10.2. The van der Waals surface area contributed by atoms with E-state index in [1.54, 1.807) is 30.4 Å². The van der Waals surface area contributed by atoms with Gasteiger partial charge in [-0.2, -0.15) is 18.3 Å². The van der Waals surface area contributed by atoms with Gasteiger partial charge in [0.1, 0.15) is 10.6 Å². The summed E-state index contributed by atoms with van der Waals surface area (Å²) in [5.41, 5.74) is -0.0455. The molecule has 0 atom stereocenters. The average molecular weight is 352 g/mol. The molecule has 1 saturated heterocycles. The Labute approximate surface area is 134 Å². The number of esters is 1. The van der Waals surface area contributed by atoms with Crippen LogP contribution in [0.25, 0.3) is 0 Å². The van der Waals surface area contributed by atoms with Crippen LogP contribution in [0.4, 0.5) is 13.2 Å². The van der Waals surface area contributed by atoms with Crippen molar-refractivity contribution in [2.24, 2.45) is 0 Å². The molecular weight excluding hydrogens is 337 g/mol. The summed E-state index contributed by atoms with van der Waals surface area (Å²) in [5, 5.41) is 3.71. The highest BCUT2D eigenvalue weighted by Crippen LogP contribution is 2.60.